The molecule has 1 N–H and O–H groups in total. The van der Waals surface area contributed by atoms with Crippen molar-refractivity contribution in [2.24, 2.45) is 0 Å². The molecule has 4 aromatic rings. The van der Waals surface area contributed by atoms with Gasteiger partial charge in [0.15, 0.2) is 11.6 Å². The van der Waals surface area contributed by atoms with E-state index in [2.05, 4.69) is 10.2 Å². The second-order valence-electron chi connectivity index (χ2n) is 5.53. The lowest BCUT2D eigenvalue weighted by Crippen LogP contribution is -2.00. The number of rotatable bonds is 5. The van der Waals surface area contributed by atoms with Crippen LogP contribution in [-0.4, -0.2) is 16.3 Å². The van der Waals surface area contributed by atoms with Crippen LogP contribution in [0.3, 0.4) is 0 Å². The van der Waals surface area contributed by atoms with Gasteiger partial charge in [-0.1, -0.05) is 30.3 Å². The Hall–Kier alpha value is -3.85. The Morgan fingerprint density at radius 3 is 2.89 bits per heavy atom. The first kappa shape index (κ1) is 11.0. The van der Waals surface area contributed by atoms with Crippen LogP contribution in [0.25, 0.3) is 16.6 Å². The summed E-state index contributed by atoms with van der Waals surface area (Å²) in [4.78, 5) is 0. The van der Waals surface area contributed by atoms with E-state index in [-0.39, 0.29) is 23.2 Å². The fourth-order valence-corrected chi connectivity index (χ4v) is 2.49. The Balaban J connectivity index is 1.90. The maximum Gasteiger partial charge on any atom is 0.293 e. The Bertz CT molecular complexity index is 1440. The number of benzene rings is 3. The van der Waals surface area contributed by atoms with E-state index in [4.69, 9.17) is 13.0 Å². The summed E-state index contributed by atoms with van der Waals surface area (Å²) in [5.74, 6) is -2.04. The third-order valence-corrected chi connectivity index (χ3v) is 3.76. The van der Waals surface area contributed by atoms with Crippen molar-refractivity contribution in [3.8, 4) is 23.3 Å². The predicted octanol–water partition coefficient (Wildman–Crippen LogP) is 4.32. The quantitative estimate of drug-likeness (QED) is 0.572. The molecular formula is C21H14FN3O2. The highest BCUT2D eigenvalue weighted by atomic mass is 19.1. The monoisotopic (exact) mass is 365 g/mol. The van der Waals surface area contributed by atoms with Gasteiger partial charge in [0.05, 0.1) is 41.2 Å². The number of nitriles is 1. The molecule has 0 spiro atoms. The zero-order valence-corrected chi connectivity index (χ0v) is 13.7. The molecule has 0 aliphatic heterocycles. The van der Waals surface area contributed by atoms with Gasteiger partial charge in [-0.25, -0.2) is 9.07 Å². The number of nitrogens with zero attached hydrogens (tertiary/aromatic N) is 3. The van der Waals surface area contributed by atoms with E-state index in [0.717, 1.165) is 16.3 Å². The molecular weight excluding hydrogens is 345 g/mol. The SMILES string of the molecule is [2H]Oc1c([2H])c(C#N)c([2H])c2c1c([2H])nn2-c1cc([2H])c(OCc2ccccc2)c(F)c1[2H]. The second-order valence-corrected chi connectivity index (χ2v) is 5.53. The standard InChI is InChI=1S/C21H14FN3O2/c22-18-10-16(6-7-21(18)27-13-14-4-2-1-3-5-14)25-19-8-15(11-23)9-20(26)17(19)12-24-25/h1-10,12,26H,13H2/i7D,8D,9D,10D,12D/hD. The molecule has 0 bridgehead atoms. The summed E-state index contributed by atoms with van der Waals surface area (Å²) in [6.45, 7) is -0.0249. The van der Waals surface area contributed by atoms with Crippen LogP contribution in [0.2, 0.25) is 0 Å². The zero-order chi connectivity index (χ0) is 23.9. The van der Waals surface area contributed by atoms with Crippen LogP contribution in [0.15, 0.2) is 66.7 Å². The van der Waals surface area contributed by atoms with Crippen LogP contribution in [0.1, 0.15) is 18.0 Å². The van der Waals surface area contributed by atoms with Crippen molar-refractivity contribution >= 4 is 10.9 Å². The van der Waals surface area contributed by atoms with Crippen LogP contribution >= 0.6 is 0 Å². The summed E-state index contributed by atoms with van der Waals surface area (Å²) >= 11 is 0. The number of fused-ring (bicyclic) bond motifs is 1. The molecule has 3 aromatic carbocycles. The highest BCUT2D eigenvalue weighted by Crippen LogP contribution is 2.29. The average molecular weight is 365 g/mol. The minimum Gasteiger partial charge on any atom is -0.507 e. The Labute approximate surface area is 163 Å². The molecule has 1 heterocycles. The molecule has 4 rings (SSSR count). The molecule has 0 radical (unpaired) electrons. The Morgan fingerprint density at radius 2 is 2.11 bits per heavy atom. The Kier molecular flexibility index (Phi) is 2.77. The smallest absolute Gasteiger partial charge is 0.293 e. The number of ether oxygens (including phenoxy) is 1. The molecule has 0 saturated carbocycles. The zero-order valence-electron chi connectivity index (χ0n) is 19.7. The lowest BCUT2D eigenvalue weighted by Gasteiger charge is -2.10. The fourth-order valence-electron chi connectivity index (χ4n) is 2.49. The molecule has 0 aliphatic carbocycles. The van der Waals surface area contributed by atoms with E-state index < -0.39 is 53.2 Å². The van der Waals surface area contributed by atoms with Crippen LogP contribution in [-0.2, 0) is 6.61 Å². The van der Waals surface area contributed by atoms with E-state index in [0.29, 0.717) is 0 Å². The van der Waals surface area contributed by atoms with E-state index in [1.54, 1.807) is 30.3 Å². The van der Waals surface area contributed by atoms with Crippen molar-refractivity contribution in [2.75, 3.05) is 0 Å². The number of phenolic OH excluding ortho intramolecular Hbond substituents is 1. The summed E-state index contributed by atoms with van der Waals surface area (Å²) in [5.41, 5.74) is -0.202. The third kappa shape index (κ3) is 3.18. The van der Waals surface area contributed by atoms with Gasteiger partial charge in [-0.2, -0.15) is 10.4 Å². The number of hydrogen-bond donors (Lipinski definition) is 1. The van der Waals surface area contributed by atoms with Crippen molar-refractivity contribution < 1.29 is 21.1 Å². The maximum absolute atomic E-state index is 15.1. The van der Waals surface area contributed by atoms with Gasteiger partial charge in [-0.05, 0) is 29.8 Å². The molecule has 0 fully saturated rings. The lowest BCUT2D eigenvalue weighted by molar-refractivity contribution is 0.290. The second kappa shape index (κ2) is 6.81. The number of hydrogen-bond acceptors (Lipinski definition) is 4. The van der Waals surface area contributed by atoms with Gasteiger partial charge in [0, 0.05) is 6.04 Å². The van der Waals surface area contributed by atoms with E-state index in [9.17, 15) is 5.26 Å². The minimum absolute atomic E-state index is 0.0249. The van der Waals surface area contributed by atoms with Crippen molar-refractivity contribution in [3.05, 3.63) is 83.7 Å². The highest BCUT2D eigenvalue weighted by Gasteiger charge is 2.13. The number of phenols is 1. The van der Waals surface area contributed by atoms with Crippen molar-refractivity contribution in [2.45, 2.75) is 6.61 Å². The first-order valence-corrected chi connectivity index (χ1v) is 7.82. The predicted molar refractivity (Wildman–Crippen MR) is 98.2 cm³/mol. The molecule has 0 atom stereocenters. The third-order valence-electron chi connectivity index (χ3n) is 3.76. The van der Waals surface area contributed by atoms with Crippen LogP contribution in [0.4, 0.5) is 4.39 Å². The summed E-state index contributed by atoms with van der Waals surface area (Å²) in [7, 11) is 0. The topological polar surface area (TPSA) is 71.1 Å². The molecule has 5 nitrogen and oxygen atoms in total. The van der Waals surface area contributed by atoms with Crippen LogP contribution < -0.4 is 4.74 Å². The van der Waals surface area contributed by atoms with E-state index in [1.807, 2.05) is 6.07 Å². The molecule has 27 heavy (non-hydrogen) atoms. The average Bonchev–Trinajstić information content (AvgIpc) is 3.14. The first-order valence-electron chi connectivity index (χ1n) is 10.7. The maximum atomic E-state index is 15.1. The van der Waals surface area contributed by atoms with Crippen molar-refractivity contribution in [1.82, 2.24) is 9.78 Å². The molecule has 0 aliphatic rings. The summed E-state index contributed by atoms with van der Waals surface area (Å²) in [6.07, 6.45) is -0.505. The van der Waals surface area contributed by atoms with Crippen LogP contribution in [0, 0.1) is 17.1 Å². The molecule has 6 heteroatoms. The molecule has 0 saturated heterocycles. The normalized spacial score (nSPS) is 13.6. The van der Waals surface area contributed by atoms with Gasteiger partial charge in [0.1, 0.15) is 12.4 Å². The summed E-state index contributed by atoms with van der Waals surface area (Å²) in [5, 5.41) is 17.5. The molecule has 0 amide bonds. The van der Waals surface area contributed by atoms with Gasteiger partial charge in [0.25, 0.3) is 1.43 Å². The molecule has 0 unspecified atom stereocenters. The first-order chi connectivity index (χ1) is 15.8. The summed E-state index contributed by atoms with van der Waals surface area (Å²) < 4.78 is 69.4. The van der Waals surface area contributed by atoms with Crippen molar-refractivity contribution in [1.29, 1.82) is 6.69 Å². The van der Waals surface area contributed by atoms with E-state index >= 15 is 4.39 Å². The minimum atomic E-state index is -1.13. The number of aromatic nitrogens is 2. The van der Waals surface area contributed by atoms with Gasteiger partial charge in [-0.15, -0.1) is 0 Å². The lowest BCUT2D eigenvalue weighted by atomic mass is 10.1. The number of halogens is 1. The van der Waals surface area contributed by atoms with Crippen LogP contribution in [0.5, 0.6) is 11.5 Å². The van der Waals surface area contributed by atoms with E-state index in [1.165, 1.54) is 0 Å². The number of aromatic hydroxyl groups is 1. The largest absolute Gasteiger partial charge is 0.507 e. The van der Waals surface area contributed by atoms with Gasteiger partial charge >= 0.3 is 0 Å². The molecule has 132 valence electrons. The summed E-state index contributed by atoms with van der Waals surface area (Å²) in [6, 6.07) is 9.51. The highest BCUT2D eigenvalue weighted by molar-refractivity contribution is 5.87. The Morgan fingerprint density at radius 1 is 1.26 bits per heavy atom. The van der Waals surface area contributed by atoms with Gasteiger partial charge in [0.2, 0.25) is 0 Å². The fraction of sp³-hybridized carbons (Fsp3) is 0.0476. The van der Waals surface area contributed by atoms with Gasteiger partial charge in [-0.3, -0.25) is 0 Å². The van der Waals surface area contributed by atoms with Crippen molar-refractivity contribution in [3.63, 3.8) is 0 Å². The molecule has 1 aromatic heterocycles. The van der Waals surface area contributed by atoms with Gasteiger partial charge < -0.3 is 9.85 Å².